The zero-order valence-corrected chi connectivity index (χ0v) is 7.29. The molecule has 0 unspecified atom stereocenters. The minimum Gasteiger partial charge on any atom is -0.273 e. The molecule has 0 aromatic heterocycles. The van der Waals surface area contributed by atoms with Crippen LogP contribution in [-0.4, -0.2) is 10.3 Å². The van der Waals surface area contributed by atoms with Gasteiger partial charge in [0, 0.05) is 11.8 Å². The van der Waals surface area contributed by atoms with E-state index in [2.05, 4.69) is 7.05 Å². The van der Waals surface area contributed by atoms with E-state index in [0.717, 1.165) is 9.98 Å². The maximum atomic E-state index is 11.0. The van der Waals surface area contributed by atoms with Gasteiger partial charge in [0.2, 0.25) is 5.91 Å². The van der Waals surface area contributed by atoms with Gasteiger partial charge in [-0.1, -0.05) is 30.3 Å². The molecule has 0 bridgehead atoms. The second-order valence-corrected chi connectivity index (χ2v) is 2.83. The summed E-state index contributed by atoms with van der Waals surface area (Å²) in [6.45, 7) is 0. The average Bonchev–Trinajstić information content (AvgIpc) is 2.06. The molecule has 0 aliphatic heterocycles. The van der Waals surface area contributed by atoms with Crippen LogP contribution < -0.4 is 0 Å². The normalized spacial score (nSPS) is 9.50. The number of nitrogens with zero attached hydrogens (tertiary/aromatic N) is 1. The van der Waals surface area contributed by atoms with Gasteiger partial charge in [0.15, 0.2) is 0 Å². The van der Waals surface area contributed by atoms with Crippen LogP contribution in [0.2, 0.25) is 0 Å². The molecule has 0 atom stereocenters. The van der Waals surface area contributed by atoms with E-state index in [1.165, 1.54) is 0 Å². The lowest BCUT2D eigenvalue weighted by Crippen LogP contribution is -2.16. The molecule has 0 aliphatic carbocycles. The van der Waals surface area contributed by atoms with Crippen LogP contribution in [0.4, 0.5) is 0 Å². The first-order valence-electron chi connectivity index (χ1n) is 3.53. The van der Waals surface area contributed by atoms with Gasteiger partial charge in [-0.15, -0.1) is 0 Å². The zero-order valence-electron chi connectivity index (χ0n) is 6.53. The van der Waals surface area contributed by atoms with Crippen LogP contribution in [0, 0.1) is 7.05 Å². The molecule has 1 aromatic carbocycles. The molecule has 0 heterocycles. The summed E-state index contributed by atoms with van der Waals surface area (Å²) >= 11 is 5.35. The Kier molecular flexibility index (Phi) is 3.11. The van der Waals surface area contributed by atoms with Crippen molar-refractivity contribution in [2.75, 3.05) is 0 Å². The molecule has 1 rings (SSSR count). The number of amides is 1. The van der Waals surface area contributed by atoms with Crippen molar-refractivity contribution in [1.82, 2.24) is 4.42 Å². The van der Waals surface area contributed by atoms with Crippen LogP contribution in [0.25, 0.3) is 0 Å². The number of carbonyl (C=O) groups excluding carboxylic acids is 1. The lowest BCUT2D eigenvalue weighted by atomic mass is 10.1. The molecule has 1 aromatic rings. The third kappa shape index (κ3) is 2.55. The third-order valence-corrected chi connectivity index (χ3v) is 1.66. The Balaban J connectivity index is 2.59. The smallest absolute Gasteiger partial charge is 0.241 e. The lowest BCUT2D eigenvalue weighted by Gasteiger charge is -2.05. The molecule has 1 amide bonds. The van der Waals surface area contributed by atoms with Crippen LogP contribution in [0.5, 0.6) is 0 Å². The van der Waals surface area contributed by atoms with Gasteiger partial charge in [0.25, 0.3) is 0 Å². The van der Waals surface area contributed by atoms with Crippen molar-refractivity contribution in [2.24, 2.45) is 0 Å². The quantitative estimate of drug-likeness (QED) is 0.641. The van der Waals surface area contributed by atoms with Crippen molar-refractivity contribution in [2.45, 2.75) is 6.42 Å². The Morgan fingerprint density at radius 3 is 2.50 bits per heavy atom. The maximum Gasteiger partial charge on any atom is 0.241 e. The number of benzene rings is 1. The van der Waals surface area contributed by atoms with Gasteiger partial charge in [-0.25, -0.2) is 0 Å². The van der Waals surface area contributed by atoms with E-state index >= 15 is 0 Å². The van der Waals surface area contributed by atoms with Crippen molar-refractivity contribution < 1.29 is 4.79 Å². The monoisotopic (exact) mass is 182 g/mol. The maximum absolute atomic E-state index is 11.0. The van der Waals surface area contributed by atoms with E-state index in [1.807, 2.05) is 30.3 Å². The summed E-state index contributed by atoms with van der Waals surface area (Å²) in [4.78, 5) is 11.0. The SMILES string of the molecule is [CH2]N(Cl)C(=O)Cc1ccccc1. The highest BCUT2D eigenvalue weighted by Gasteiger charge is 2.05. The molecular weight excluding hydrogens is 174 g/mol. The fourth-order valence-corrected chi connectivity index (χ4v) is 0.916. The molecule has 12 heavy (non-hydrogen) atoms. The molecule has 2 nitrogen and oxygen atoms in total. The molecule has 0 N–H and O–H groups in total. The average molecular weight is 183 g/mol. The predicted octanol–water partition coefficient (Wildman–Crippen LogP) is 2.00. The van der Waals surface area contributed by atoms with Gasteiger partial charge in [-0.3, -0.25) is 9.21 Å². The topological polar surface area (TPSA) is 20.3 Å². The van der Waals surface area contributed by atoms with Gasteiger partial charge in [0.05, 0.1) is 13.5 Å². The molecular formula is C9H9ClNO. The highest BCUT2D eigenvalue weighted by atomic mass is 35.5. The molecule has 63 valence electrons. The fourth-order valence-electron chi connectivity index (χ4n) is 0.856. The van der Waals surface area contributed by atoms with Crippen molar-refractivity contribution in [1.29, 1.82) is 0 Å². The highest BCUT2D eigenvalue weighted by Crippen LogP contribution is 2.03. The van der Waals surface area contributed by atoms with Crippen LogP contribution in [0.1, 0.15) is 5.56 Å². The molecule has 1 radical (unpaired) electrons. The van der Waals surface area contributed by atoms with Crippen molar-refractivity contribution >= 4 is 17.7 Å². The van der Waals surface area contributed by atoms with Gasteiger partial charge >= 0.3 is 0 Å². The summed E-state index contributed by atoms with van der Waals surface area (Å²) < 4.78 is 0.826. The molecule has 0 saturated heterocycles. The van der Waals surface area contributed by atoms with E-state index in [-0.39, 0.29) is 5.91 Å². The fraction of sp³-hybridized carbons (Fsp3) is 0.111. The van der Waals surface area contributed by atoms with Gasteiger partial charge in [-0.05, 0) is 5.56 Å². The van der Waals surface area contributed by atoms with Gasteiger partial charge in [0.1, 0.15) is 0 Å². The largest absolute Gasteiger partial charge is 0.273 e. The molecule has 0 spiro atoms. The molecule has 0 aliphatic rings. The van der Waals surface area contributed by atoms with E-state index in [4.69, 9.17) is 11.8 Å². The number of rotatable bonds is 2. The number of halogens is 1. The van der Waals surface area contributed by atoms with Gasteiger partial charge in [-0.2, -0.15) is 0 Å². The first-order chi connectivity index (χ1) is 5.70. The van der Waals surface area contributed by atoms with Gasteiger partial charge < -0.3 is 0 Å². The summed E-state index contributed by atoms with van der Waals surface area (Å²) in [7, 11) is 3.28. The van der Waals surface area contributed by atoms with Crippen LogP contribution in [0.15, 0.2) is 30.3 Å². The Hall–Kier alpha value is -1.02. The number of hydrogen-bond donors (Lipinski definition) is 0. The lowest BCUT2D eigenvalue weighted by molar-refractivity contribution is -0.124. The van der Waals surface area contributed by atoms with Crippen molar-refractivity contribution in [3.63, 3.8) is 0 Å². The van der Waals surface area contributed by atoms with E-state index < -0.39 is 0 Å². The standard InChI is InChI=1S/C9H9ClNO/c1-11(10)9(12)7-8-5-3-2-4-6-8/h2-6H,1,7H2. The van der Waals surface area contributed by atoms with Crippen LogP contribution in [-0.2, 0) is 11.2 Å². The molecule has 0 saturated carbocycles. The number of hydrogen-bond acceptors (Lipinski definition) is 1. The first-order valence-corrected chi connectivity index (χ1v) is 3.87. The molecule has 3 heteroatoms. The number of carbonyl (C=O) groups is 1. The Morgan fingerprint density at radius 2 is 2.00 bits per heavy atom. The second-order valence-electron chi connectivity index (χ2n) is 2.42. The van der Waals surface area contributed by atoms with Crippen molar-refractivity contribution in [3.05, 3.63) is 42.9 Å². The van der Waals surface area contributed by atoms with E-state index in [0.29, 0.717) is 6.42 Å². The summed E-state index contributed by atoms with van der Waals surface area (Å²) in [6.07, 6.45) is 0.299. The summed E-state index contributed by atoms with van der Waals surface area (Å²) in [5, 5.41) is 0. The first kappa shape index (κ1) is 9.07. The predicted molar refractivity (Wildman–Crippen MR) is 48.2 cm³/mol. The molecule has 0 fully saturated rings. The van der Waals surface area contributed by atoms with E-state index in [9.17, 15) is 4.79 Å². The van der Waals surface area contributed by atoms with Crippen molar-refractivity contribution in [3.8, 4) is 0 Å². The summed E-state index contributed by atoms with van der Waals surface area (Å²) in [5.41, 5.74) is 0.941. The minimum absolute atomic E-state index is 0.206. The highest BCUT2D eigenvalue weighted by molar-refractivity contribution is 6.21. The third-order valence-electron chi connectivity index (χ3n) is 1.47. The zero-order chi connectivity index (χ0) is 8.97. The van der Waals surface area contributed by atoms with E-state index in [1.54, 1.807) is 0 Å². The van der Waals surface area contributed by atoms with Crippen LogP contribution in [0.3, 0.4) is 0 Å². The second kappa shape index (κ2) is 4.12. The Bertz CT molecular complexity index is 258. The summed E-state index contributed by atoms with van der Waals surface area (Å²) in [6, 6.07) is 9.40. The van der Waals surface area contributed by atoms with Crippen LogP contribution >= 0.6 is 11.8 Å². The Morgan fingerprint density at radius 1 is 1.42 bits per heavy atom. The summed E-state index contributed by atoms with van der Waals surface area (Å²) in [5.74, 6) is -0.206. The Labute approximate surface area is 76.9 Å². The minimum atomic E-state index is -0.206.